The van der Waals surface area contributed by atoms with Gasteiger partial charge in [0.25, 0.3) is 0 Å². The summed E-state index contributed by atoms with van der Waals surface area (Å²) >= 11 is 1.83. The van der Waals surface area contributed by atoms with Crippen LogP contribution in [0.1, 0.15) is 29.3 Å². The molecule has 1 fully saturated rings. The predicted molar refractivity (Wildman–Crippen MR) is 111 cm³/mol. The number of aliphatic hydroxyl groups excluding tert-OH is 1. The van der Waals surface area contributed by atoms with E-state index >= 15 is 0 Å². The van der Waals surface area contributed by atoms with Crippen molar-refractivity contribution in [2.45, 2.75) is 31.8 Å². The zero-order valence-corrected chi connectivity index (χ0v) is 16.5. The Morgan fingerprint density at radius 1 is 1.19 bits per heavy atom. The number of piperidine rings is 1. The Balaban J connectivity index is 1.25. The van der Waals surface area contributed by atoms with Gasteiger partial charge in [-0.25, -0.2) is 4.98 Å². The molecule has 3 aromatic rings. The first-order valence-electron chi connectivity index (χ1n) is 9.63. The standard InChI is InChI=1S/C22H26N2O2S/c1-16-5-4-6-19(13-16)26-15-18(25)14-24-11-9-17(10-12-24)22-23-20-7-2-3-8-21(20)27-22/h2-8,13,17-18,25H,9-12,14-15H2,1H3. The zero-order valence-electron chi connectivity index (χ0n) is 15.7. The van der Waals surface area contributed by atoms with Crippen LogP contribution < -0.4 is 4.74 Å². The molecule has 2 heterocycles. The van der Waals surface area contributed by atoms with Crippen molar-refractivity contribution in [3.63, 3.8) is 0 Å². The molecule has 1 aliphatic rings. The van der Waals surface area contributed by atoms with Gasteiger partial charge in [0.05, 0.1) is 15.2 Å². The molecule has 4 nitrogen and oxygen atoms in total. The van der Waals surface area contributed by atoms with Crippen LogP contribution in [0.25, 0.3) is 10.2 Å². The van der Waals surface area contributed by atoms with Crippen molar-refractivity contribution >= 4 is 21.6 Å². The fraction of sp³-hybridized carbons (Fsp3) is 0.409. The van der Waals surface area contributed by atoms with Crippen LogP contribution in [0.4, 0.5) is 0 Å². The third-order valence-electron chi connectivity index (χ3n) is 5.15. The number of fused-ring (bicyclic) bond motifs is 1. The second-order valence-corrected chi connectivity index (χ2v) is 8.44. The minimum absolute atomic E-state index is 0.335. The van der Waals surface area contributed by atoms with Crippen molar-refractivity contribution in [3.8, 4) is 5.75 Å². The minimum atomic E-state index is -0.468. The van der Waals surface area contributed by atoms with E-state index in [0.717, 1.165) is 37.2 Å². The number of likely N-dealkylation sites (tertiary alicyclic amines) is 1. The second kappa shape index (κ2) is 8.38. The van der Waals surface area contributed by atoms with E-state index in [2.05, 4.69) is 29.2 Å². The lowest BCUT2D eigenvalue weighted by Gasteiger charge is -2.32. The van der Waals surface area contributed by atoms with E-state index in [1.54, 1.807) is 0 Å². The molecule has 0 aliphatic carbocycles. The highest BCUT2D eigenvalue weighted by Crippen LogP contribution is 2.33. The smallest absolute Gasteiger partial charge is 0.119 e. The van der Waals surface area contributed by atoms with Crippen LogP contribution in [0, 0.1) is 6.92 Å². The molecule has 142 valence electrons. The van der Waals surface area contributed by atoms with Gasteiger partial charge in [-0.2, -0.15) is 0 Å². The molecule has 1 atom stereocenters. The summed E-state index contributed by atoms with van der Waals surface area (Å²) in [4.78, 5) is 7.16. The summed E-state index contributed by atoms with van der Waals surface area (Å²) in [6.07, 6.45) is 1.74. The van der Waals surface area contributed by atoms with E-state index in [4.69, 9.17) is 9.72 Å². The number of aromatic nitrogens is 1. The molecule has 1 saturated heterocycles. The maximum atomic E-state index is 10.3. The Morgan fingerprint density at radius 2 is 2.00 bits per heavy atom. The van der Waals surface area contributed by atoms with Gasteiger partial charge in [-0.3, -0.25) is 0 Å². The van der Waals surface area contributed by atoms with Gasteiger partial charge in [0.15, 0.2) is 0 Å². The summed E-state index contributed by atoms with van der Waals surface area (Å²) in [5.41, 5.74) is 2.28. The number of aliphatic hydroxyl groups is 1. The van der Waals surface area contributed by atoms with Gasteiger partial charge in [0.2, 0.25) is 0 Å². The third kappa shape index (κ3) is 4.67. The highest BCUT2D eigenvalue weighted by atomic mass is 32.1. The summed E-state index contributed by atoms with van der Waals surface area (Å²) in [7, 11) is 0. The van der Waals surface area contributed by atoms with E-state index in [0.29, 0.717) is 19.1 Å². The summed E-state index contributed by atoms with van der Waals surface area (Å²) in [5.74, 6) is 1.36. The number of β-amino-alcohol motifs (C(OH)–C–C–N with tert-alkyl or cyclic N) is 1. The molecule has 5 heteroatoms. The number of thiazole rings is 1. The van der Waals surface area contributed by atoms with Gasteiger partial charge in [-0.1, -0.05) is 24.3 Å². The molecule has 27 heavy (non-hydrogen) atoms. The molecule has 1 N–H and O–H groups in total. The molecule has 0 spiro atoms. The Morgan fingerprint density at radius 3 is 2.78 bits per heavy atom. The summed E-state index contributed by atoms with van der Waals surface area (Å²) < 4.78 is 7.01. The minimum Gasteiger partial charge on any atom is -0.491 e. The number of benzene rings is 2. The van der Waals surface area contributed by atoms with Crippen LogP contribution in [0.2, 0.25) is 0 Å². The molecule has 0 radical (unpaired) electrons. The average molecular weight is 383 g/mol. The Labute approximate surface area is 164 Å². The second-order valence-electron chi connectivity index (χ2n) is 7.38. The Hall–Kier alpha value is -1.95. The quantitative estimate of drug-likeness (QED) is 0.693. The number of para-hydroxylation sites is 1. The van der Waals surface area contributed by atoms with E-state index < -0.39 is 6.10 Å². The summed E-state index contributed by atoms with van der Waals surface area (Å²) in [6.45, 7) is 5.04. The highest BCUT2D eigenvalue weighted by molar-refractivity contribution is 7.18. The number of ether oxygens (including phenoxy) is 1. The molecular formula is C22H26N2O2S. The molecule has 2 aromatic carbocycles. The van der Waals surface area contributed by atoms with E-state index in [-0.39, 0.29) is 0 Å². The lowest BCUT2D eigenvalue weighted by atomic mass is 9.97. The largest absolute Gasteiger partial charge is 0.491 e. The monoisotopic (exact) mass is 382 g/mol. The van der Waals surface area contributed by atoms with Gasteiger partial charge in [0, 0.05) is 12.5 Å². The molecule has 1 aromatic heterocycles. The SMILES string of the molecule is Cc1cccc(OCC(O)CN2CCC(c3nc4ccccc4s3)CC2)c1. The van der Waals surface area contributed by atoms with Crippen molar-refractivity contribution < 1.29 is 9.84 Å². The van der Waals surface area contributed by atoms with E-state index in [1.807, 2.05) is 42.5 Å². The van der Waals surface area contributed by atoms with Crippen molar-refractivity contribution in [3.05, 3.63) is 59.1 Å². The maximum absolute atomic E-state index is 10.3. The normalized spacial score (nSPS) is 17.3. The van der Waals surface area contributed by atoms with Gasteiger partial charge >= 0.3 is 0 Å². The molecule has 0 bridgehead atoms. The van der Waals surface area contributed by atoms with E-state index in [1.165, 1.54) is 15.3 Å². The number of nitrogens with zero attached hydrogens (tertiary/aromatic N) is 2. The number of rotatable bonds is 6. The van der Waals surface area contributed by atoms with Gasteiger partial charge in [-0.05, 0) is 62.7 Å². The molecule has 4 rings (SSSR count). The Kier molecular flexibility index (Phi) is 5.72. The van der Waals surface area contributed by atoms with Crippen LogP contribution in [-0.2, 0) is 0 Å². The van der Waals surface area contributed by atoms with Crippen LogP contribution in [-0.4, -0.2) is 47.3 Å². The van der Waals surface area contributed by atoms with Crippen LogP contribution in [0.5, 0.6) is 5.75 Å². The predicted octanol–water partition coefficient (Wildman–Crippen LogP) is 4.22. The summed E-state index contributed by atoms with van der Waals surface area (Å²) in [5, 5.41) is 11.6. The molecule has 1 aliphatic heterocycles. The van der Waals surface area contributed by atoms with Gasteiger partial charge < -0.3 is 14.7 Å². The number of aryl methyl sites for hydroxylation is 1. The molecular weight excluding hydrogens is 356 g/mol. The first-order valence-corrected chi connectivity index (χ1v) is 10.4. The molecule has 0 saturated carbocycles. The molecule has 0 amide bonds. The number of hydrogen-bond acceptors (Lipinski definition) is 5. The first-order chi connectivity index (χ1) is 13.2. The lowest BCUT2D eigenvalue weighted by Crippen LogP contribution is -2.40. The van der Waals surface area contributed by atoms with Gasteiger partial charge in [-0.15, -0.1) is 11.3 Å². The Bertz CT molecular complexity index is 854. The van der Waals surface area contributed by atoms with Crippen molar-refractivity contribution in [1.82, 2.24) is 9.88 Å². The average Bonchev–Trinajstić information content (AvgIpc) is 3.11. The van der Waals surface area contributed by atoms with Crippen molar-refractivity contribution in [2.24, 2.45) is 0 Å². The third-order valence-corrected chi connectivity index (χ3v) is 6.35. The molecule has 1 unspecified atom stereocenters. The van der Waals surface area contributed by atoms with Crippen LogP contribution in [0.15, 0.2) is 48.5 Å². The number of hydrogen-bond donors (Lipinski definition) is 1. The van der Waals surface area contributed by atoms with Crippen molar-refractivity contribution in [1.29, 1.82) is 0 Å². The van der Waals surface area contributed by atoms with Crippen molar-refractivity contribution in [2.75, 3.05) is 26.2 Å². The lowest BCUT2D eigenvalue weighted by molar-refractivity contribution is 0.0594. The maximum Gasteiger partial charge on any atom is 0.119 e. The van der Waals surface area contributed by atoms with Gasteiger partial charge in [0.1, 0.15) is 18.5 Å². The summed E-state index contributed by atoms with van der Waals surface area (Å²) in [6, 6.07) is 16.3. The zero-order chi connectivity index (χ0) is 18.6. The topological polar surface area (TPSA) is 45.6 Å². The fourth-order valence-electron chi connectivity index (χ4n) is 3.68. The van der Waals surface area contributed by atoms with Crippen LogP contribution >= 0.6 is 11.3 Å². The highest BCUT2D eigenvalue weighted by Gasteiger charge is 2.24. The van der Waals surface area contributed by atoms with Crippen LogP contribution in [0.3, 0.4) is 0 Å². The first kappa shape index (κ1) is 18.4. The van der Waals surface area contributed by atoms with E-state index in [9.17, 15) is 5.11 Å². The fourth-order valence-corrected chi connectivity index (χ4v) is 4.81.